The number of nitrogens with two attached hydrogens (primary N) is 1. The Balaban J connectivity index is 2.17. The van der Waals surface area contributed by atoms with Gasteiger partial charge >= 0.3 is 6.18 Å². The standard InChI is InChI=1S/C12H10F3N5/c13-12(14,15)9-4-6-20(18-9)11-8(7-16)19-5-2-1-3-10(19)17-11/h1-6H,7,16H2. The van der Waals surface area contributed by atoms with Crippen LogP contribution in [0.4, 0.5) is 13.2 Å². The smallest absolute Gasteiger partial charge is 0.325 e. The third-order valence-electron chi connectivity index (χ3n) is 2.90. The van der Waals surface area contributed by atoms with Crippen LogP contribution in [0.15, 0.2) is 36.7 Å². The molecule has 0 fully saturated rings. The number of imidazole rings is 1. The second-order valence-electron chi connectivity index (χ2n) is 4.16. The summed E-state index contributed by atoms with van der Waals surface area (Å²) in [5.41, 5.74) is 5.90. The molecule has 0 aliphatic carbocycles. The van der Waals surface area contributed by atoms with Gasteiger partial charge in [0.25, 0.3) is 0 Å². The van der Waals surface area contributed by atoms with Crippen LogP contribution in [0, 0.1) is 0 Å². The van der Waals surface area contributed by atoms with Crippen LogP contribution in [0.5, 0.6) is 0 Å². The third-order valence-corrected chi connectivity index (χ3v) is 2.90. The van der Waals surface area contributed by atoms with Crippen molar-refractivity contribution in [2.75, 3.05) is 0 Å². The summed E-state index contributed by atoms with van der Waals surface area (Å²) in [6.07, 6.45) is -1.50. The molecule has 0 bridgehead atoms. The van der Waals surface area contributed by atoms with Gasteiger partial charge in [-0.05, 0) is 18.2 Å². The quantitative estimate of drug-likeness (QED) is 0.781. The molecular formula is C12H10F3N5. The second-order valence-corrected chi connectivity index (χ2v) is 4.16. The molecule has 2 N–H and O–H groups in total. The van der Waals surface area contributed by atoms with Crippen LogP contribution in [0.25, 0.3) is 11.5 Å². The third kappa shape index (κ3) is 1.94. The molecule has 0 radical (unpaired) electrons. The summed E-state index contributed by atoms with van der Waals surface area (Å²) in [5.74, 6) is 0.300. The molecule has 0 aliphatic rings. The molecule has 3 aromatic heterocycles. The molecular weight excluding hydrogens is 271 g/mol. The Morgan fingerprint density at radius 2 is 1.95 bits per heavy atom. The van der Waals surface area contributed by atoms with E-state index in [4.69, 9.17) is 5.73 Å². The van der Waals surface area contributed by atoms with E-state index in [1.807, 2.05) is 0 Å². The lowest BCUT2D eigenvalue weighted by molar-refractivity contribution is -0.141. The van der Waals surface area contributed by atoms with E-state index in [9.17, 15) is 13.2 Å². The maximum atomic E-state index is 12.6. The van der Waals surface area contributed by atoms with Crippen molar-refractivity contribution >= 4 is 5.65 Å². The van der Waals surface area contributed by atoms with Crippen molar-refractivity contribution in [1.82, 2.24) is 19.2 Å². The van der Waals surface area contributed by atoms with Crippen LogP contribution in [-0.2, 0) is 12.7 Å². The molecule has 5 nitrogen and oxygen atoms in total. The van der Waals surface area contributed by atoms with Crippen LogP contribution >= 0.6 is 0 Å². The lowest BCUT2D eigenvalue weighted by Gasteiger charge is -2.03. The van der Waals surface area contributed by atoms with E-state index in [1.165, 1.54) is 6.20 Å². The van der Waals surface area contributed by atoms with Gasteiger partial charge in [-0.2, -0.15) is 18.3 Å². The topological polar surface area (TPSA) is 61.1 Å². The van der Waals surface area contributed by atoms with Crippen LogP contribution in [0.1, 0.15) is 11.4 Å². The van der Waals surface area contributed by atoms with E-state index in [0.717, 1.165) is 10.7 Å². The molecule has 8 heteroatoms. The van der Waals surface area contributed by atoms with Crippen molar-refractivity contribution in [2.45, 2.75) is 12.7 Å². The molecule has 0 saturated carbocycles. The highest BCUT2D eigenvalue weighted by molar-refractivity contribution is 5.48. The van der Waals surface area contributed by atoms with Gasteiger partial charge in [0.1, 0.15) is 5.65 Å². The van der Waals surface area contributed by atoms with Crippen molar-refractivity contribution in [2.24, 2.45) is 5.73 Å². The van der Waals surface area contributed by atoms with Crippen LogP contribution in [0.2, 0.25) is 0 Å². The number of fused-ring (bicyclic) bond motifs is 1. The number of rotatable bonds is 2. The maximum Gasteiger partial charge on any atom is 0.435 e. The molecule has 0 aliphatic heterocycles. The first-order valence-corrected chi connectivity index (χ1v) is 5.80. The van der Waals surface area contributed by atoms with E-state index in [0.29, 0.717) is 17.2 Å². The summed E-state index contributed by atoms with van der Waals surface area (Å²) in [6.45, 7) is 0.141. The summed E-state index contributed by atoms with van der Waals surface area (Å²) < 4.78 is 40.6. The Kier molecular flexibility index (Phi) is 2.75. The molecule has 3 rings (SSSR count). The molecule has 0 amide bonds. The van der Waals surface area contributed by atoms with Gasteiger partial charge in [0, 0.05) is 18.9 Å². The van der Waals surface area contributed by atoms with Gasteiger partial charge in [-0.3, -0.25) is 0 Å². The van der Waals surface area contributed by atoms with Gasteiger partial charge in [0.2, 0.25) is 0 Å². The Bertz CT molecular complexity index is 756. The first kappa shape index (κ1) is 12.7. The lowest BCUT2D eigenvalue weighted by atomic mass is 10.4. The summed E-state index contributed by atoms with van der Waals surface area (Å²) in [6, 6.07) is 6.24. The van der Waals surface area contributed by atoms with Crippen molar-refractivity contribution in [3.63, 3.8) is 0 Å². The Morgan fingerprint density at radius 1 is 1.15 bits per heavy atom. The van der Waals surface area contributed by atoms with Crippen molar-refractivity contribution < 1.29 is 13.2 Å². The molecule has 0 atom stereocenters. The summed E-state index contributed by atoms with van der Waals surface area (Å²) >= 11 is 0. The predicted molar refractivity (Wildman–Crippen MR) is 65.2 cm³/mol. The zero-order chi connectivity index (χ0) is 14.3. The van der Waals surface area contributed by atoms with E-state index in [1.54, 1.807) is 28.8 Å². The van der Waals surface area contributed by atoms with E-state index < -0.39 is 11.9 Å². The molecule has 0 aromatic carbocycles. The van der Waals surface area contributed by atoms with E-state index in [2.05, 4.69) is 10.1 Å². The number of alkyl halides is 3. The van der Waals surface area contributed by atoms with Gasteiger partial charge < -0.3 is 10.1 Å². The second kappa shape index (κ2) is 4.34. The van der Waals surface area contributed by atoms with Crippen LogP contribution < -0.4 is 5.73 Å². The molecule has 3 heterocycles. The molecule has 20 heavy (non-hydrogen) atoms. The fraction of sp³-hybridized carbons (Fsp3) is 0.167. The molecule has 0 saturated heterocycles. The monoisotopic (exact) mass is 281 g/mol. The largest absolute Gasteiger partial charge is 0.435 e. The minimum atomic E-state index is -4.48. The van der Waals surface area contributed by atoms with Gasteiger partial charge in [-0.15, -0.1) is 0 Å². The van der Waals surface area contributed by atoms with Gasteiger partial charge in [0.15, 0.2) is 11.5 Å². The van der Waals surface area contributed by atoms with Crippen molar-refractivity contribution in [1.29, 1.82) is 0 Å². The first-order chi connectivity index (χ1) is 9.50. The van der Waals surface area contributed by atoms with E-state index in [-0.39, 0.29) is 6.54 Å². The normalized spacial score (nSPS) is 12.2. The number of halogens is 3. The first-order valence-electron chi connectivity index (χ1n) is 5.80. The Hall–Kier alpha value is -2.35. The van der Waals surface area contributed by atoms with Gasteiger partial charge in [-0.1, -0.05) is 6.07 Å². The highest BCUT2D eigenvalue weighted by Crippen LogP contribution is 2.28. The van der Waals surface area contributed by atoms with E-state index >= 15 is 0 Å². The van der Waals surface area contributed by atoms with Crippen LogP contribution in [0.3, 0.4) is 0 Å². The maximum absolute atomic E-state index is 12.6. The summed E-state index contributed by atoms with van der Waals surface area (Å²) in [5, 5.41) is 3.52. The van der Waals surface area contributed by atoms with Crippen molar-refractivity contribution in [3.8, 4) is 5.82 Å². The van der Waals surface area contributed by atoms with Gasteiger partial charge in [0.05, 0.1) is 5.69 Å². The Morgan fingerprint density at radius 3 is 2.60 bits per heavy atom. The fourth-order valence-corrected chi connectivity index (χ4v) is 2.00. The molecule has 3 aromatic rings. The average molecular weight is 281 g/mol. The zero-order valence-electron chi connectivity index (χ0n) is 10.2. The van der Waals surface area contributed by atoms with Gasteiger partial charge in [-0.25, -0.2) is 9.67 Å². The number of hydrogen-bond acceptors (Lipinski definition) is 3. The number of nitrogens with zero attached hydrogens (tertiary/aromatic N) is 4. The van der Waals surface area contributed by atoms with Crippen molar-refractivity contribution in [3.05, 3.63) is 48.0 Å². The number of hydrogen-bond donors (Lipinski definition) is 1. The van der Waals surface area contributed by atoms with Crippen LogP contribution in [-0.4, -0.2) is 19.2 Å². The minimum absolute atomic E-state index is 0.141. The SMILES string of the molecule is NCc1c(-n2ccc(C(F)(F)F)n2)nc2ccccn12. The average Bonchev–Trinajstić information content (AvgIpc) is 3.02. The highest BCUT2D eigenvalue weighted by atomic mass is 19.4. The highest BCUT2D eigenvalue weighted by Gasteiger charge is 2.34. The molecule has 0 spiro atoms. The molecule has 0 unspecified atom stereocenters. The zero-order valence-corrected chi connectivity index (χ0v) is 10.2. The Labute approximate surface area is 111 Å². The summed E-state index contributed by atoms with van der Waals surface area (Å²) in [4.78, 5) is 4.27. The summed E-state index contributed by atoms with van der Waals surface area (Å²) in [7, 11) is 0. The lowest BCUT2D eigenvalue weighted by Crippen LogP contribution is -2.09. The predicted octanol–water partition coefficient (Wildman–Crippen LogP) is 2.00. The minimum Gasteiger partial charge on any atom is -0.325 e. The molecule has 104 valence electrons. The fourth-order valence-electron chi connectivity index (χ4n) is 2.00. The number of aromatic nitrogens is 4. The number of pyridine rings is 1.